The van der Waals surface area contributed by atoms with Gasteiger partial charge >= 0.3 is 0 Å². The van der Waals surface area contributed by atoms with Crippen molar-refractivity contribution >= 4 is 43.9 Å². The standard InChI is InChI=1S/C136H138O2/c1-13-17-21-25-29-41-75-135(76-42-30-26-22-18-14-2)111-49-37-33-45-97(111)103-71-65-95(83-117(103)135)93-63-69-101-99-67-61-91(79-113(99)131(5,6)115(101)81-93)87-53-57-89(58-54-87)109-85-120-125(130-123(109)105-47-35-39-51-121(105)138-130)108-74-73-107-124-119(133(9,10)127(107)128(108)134(120,11)12)86-110(129-126(124)106-48-36-40-52-122(106)137-129)90-59-55-88(56-60-90)92-62-68-100-102-70-64-94(82-116(102)132(7,8)114(100)80-92)96-66-72-104-98-46-34-38-50-112(98)136(118(104)84-96,77-43-31-27-23-19-15-3)78-44-32-28-24-20-16-4/h33-40,45-74,79-86H,13-32,41-44,75-78H2,1-12H3. The van der Waals surface area contributed by atoms with Gasteiger partial charge in [-0.25, -0.2) is 0 Å². The van der Waals surface area contributed by atoms with Crippen molar-refractivity contribution in [1.82, 2.24) is 0 Å². The van der Waals surface area contributed by atoms with Gasteiger partial charge in [0, 0.05) is 65.2 Å². The molecule has 0 unspecified atom stereocenters. The lowest BCUT2D eigenvalue weighted by atomic mass is 9.70. The van der Waals surface area contributed by atoms with Crippen LogP contribution < -0.4 is 0 Å². The van der Waals surface area contributed by atoms with E-state index in [2.05, 4.69) is 362 Å². The molecule has 0 saturated heterocycles. The maximum absolute atomic E-state index is 7.34. The molecule has 2 heteroatoms. The average Bonchev–Trinajstić information content (AvgIpc) is 1.50. The van der Waals surface area contributed by atoms with Crippen molar-refractivity contribution < 1.29 is 8.83 Å². The highest BCUT2D eigenvalue weighted by Gasteiger charge is 2.51. The molecule has 6 aliphatic rings. The van der Waals surface area contributed by atoms with E-state index in [4.69, 9.17) is 8.83 Å². The Morgan fingerprint density at radius 1 is 0.188 bits per heavy atom. The molecule has 2 aromatic heterocycles. The van der Waals surface area contributed by atoms with Gasteiger partial charge < -0.3 is 8.83 Å². The third kappa shape index (κ3) is 14.5. The van der Waals surface area contributed by atoms with Gasteiger partial charge in [0.25, 0.3) is 0 Å². The second kappa shape index (κ2) is 35.7. The van der Waals surface area contributed by atoms with Crippen LogP contribution in [-0.2, 0) is 32.5 Å². The predicted molar refractivity (Wildman–Crippen MR) is 588 cm³/mol. The van der Waals surface area contributed by atoms with Crippen LogP contribution in [0.5, 0.6) is 0 Å². The normalized spacial score (nSPS) is 15.4. The Morgan fingerprint density at radius 3 is 0.862 bits per heavy atom. The van der Waals surface area contributed by atoms with Crippen molar-refractivity contribution in [2.24, 2.45) is 0 Å². The van der Waals surface area contributed by atoms with E-state index in [1.54, 1.807) is 22.3 Å². The first kappa shape index (κ1) is 89.8. The Kier molecular flexibility index (Phi) is 23.2. The smallest absolute Gasteiger partial charge is 0.144 e. The summed E-state index contributed by atoms with van der Waals surface area (Å²) in [7, 11) is 0. The van der Waals surface area contributed by atoms with E-state index in [1.807, 2.05) is 0 Å². The third-order valence-electron chi connectivity index (χ3n) is 35.1. The summed E-state index contributed by atoms with van der Waals surface area (Å²) in [6.45, 7) is 29.1. The number of furan rings is 2. The molecule has 15 aromatic carbocycles. The molecule has 2 nitrogen and oxygen atoms in total. The molecule has 0 N–H and O–H groups in total. The molecular weight excluding hydrogens is 1670 g/mol. The average molecular weight is 1800 g/mol. The molecule has 23 rings (SSSR count). The molecule has 0 aliphatic heterocycles. The highest BCUT2D eigenvalue weighted by molar-refractivity contribution is 6.21. The summed E-state index contributed by atoms with van der Waals surface area (Å²) in [4.78, 5) is 0. The molecule has 2 heterocycles. The molecule has 138 heavy (non-hydrogen) atoms. The van der Waals surface area contributed by atoms with Gasteiger partial charge in [0.1, 0.15) is 22.3 Å². The molecule has 0 spiro atoms. The SMILES string of the molecule is CCCCCCCCC1(CCCCCCCC)c2ccccc2-c2ccc(-c3ccc4c(c3)C(C)(C)c3cc(-c5ccc(-c6cc7c(c8c6oc6ccccc68)-c6ccc8c(c6C7(C)C)C(C)(C)c6cc(-c7ccc(-c9ccc%10c(c9)C(C)(C)c9cc(-c%11ccc%12c(c%11)C(CCCCCCCC)(CCCCCCCC)c%11ccccc%11-%12)ccc9-%10)cc7)c7c(oc9ccccc97)c6-8)cc5)ccc3-4)cc21. The molecule has 0 radical (unpaired) electrons. The number of hydrogen-bond acceptors (Lipinski definition) is 2. The molecule has 17 aromatic rings. The second-order valence-electron chi connectivity index (χ2n) is 44.8. The fourth-order valence-corrected chi connectivity index (χ4v) is 27.7. The Balaban J connectivity index is 0.533. The molecule has 0 atom stereocenters. The first-order chi connectivity index (χ1) is 67.3. The first-order valence-electron chi connectivity index (χ1n) is 53.8. The van der Waals surface area contributed by atoms with Crippen LogP contribution in [0.1, 0.15) is 330 Å². The van der Waals surface area contributed by atoms with Crippen LogP contribution in [0, 0.1) is 0 Å². The number of rotatable bonds is 34. The maximum Gasteiger partial charge on any atom is 0.144 e. The highest BCUT2D eigenvalue weighted by Crippen LogP contribution is 2.66. The minimum absolute atomic E-state index is 0.0371. The van der Waals surface area contributed by atoms with Gasteiger partial charge in [-0.2, -0.15) is 0 Å². The van der Waals surface area contributed by atoms with Crippen LogP contribution in [0.3, 0.4) is 0 Å². The van der Waals surface area contributed by atoms with Crippen LogP contribution in [0.25, 0.3) is 177 Å². The van der Waals surface area contributed by atoms with E-state index >= 15 is 0 Å². The largest absolute Gasteiger partial charge is 0.455 e. The van der Waals surface area contributed by atoms with E-state index in [0.717, 1.165) is 44.2 Å². The van der Waals surface area contributed by atoms with Crippen molar-refractivity contribution in [1.29, 1.82) is 0 Å². The molecule has 6 aliphatic carbocycles. The molecule has 0 amide bonds. The Labute approximate surface area is 821 Å². The lowest BCUT2D eigenvalue weighted by molar-refractivity contribution is 0.398. The summed E-state index contributed by atoms with van der Waals surface area (Å²) < 4.78 is 14.6. The van der Waals surface area contributed by atoms with Crippen molar-refractivity contribution in [2.75, 3.05) is 0 Å². The summed E-state index contributed by atoms with van der Waals surface area (Å²) >= 11 is 0. The number of benzene rings is 15. The minimum atomic E-state index is -0.412. The van der Waals surface area contributed by atoms with Crippen LogP contribution in [0.15, 0.2) is 288 Å². The van der Waals surface area contributed by atoms with Crippen molar-refractivity contribution in [2.45, 2.75) is 295 Å². The maximum atomic E-state index is 7.34. The van der Waals surface area contributed by atoms with E-state index < -0.39 is 10.8 Å². The molecule has 0 fully saturated rings. The topological polar surface area (TPSA) is 26.3 Å². The van der Waals surface area contributed by atoms with Crippen LogP contribution in [0.2, 0.25) is 0 Å². The van der Waals surface area contributed by atoms with E-state index in [9.17, 15) is 0 Å². The van der Waals surface area contributed by atoms with Crippen LogP contribution in [-0.4, -0.2) is 0 Å². The third-order valence-corrected chi connectivity index (χ3v) is 35.1. The van der Waals surface area contributed by atoms with E-state index in [1.165, 1.54) is 357 Å². The van der Waals surface area contributed by atoms with Gasteiger partial charge in [-0.1, -0.05) is 456 Å². The lowest BCUT2D eigenvalue weighted by Gasteiger charge is -2.33. The Bertz CT molecular complexity index is 7580. The van der Waals surface area contributed by atoms with Crippen molar-refractivity contribution in [3.63, 3.8) is 0 Å². The summed E-state index contributed by atoms with van der Waals surface area (Å²) in [5.74, 6) is 0. The fraction of sp³-hybridized carbons (Fsp3) is 0.338. The summed E-state index contributed by atoms with van der Waals surface area (Å²) in [5.41, 5.74) is 51.0. The lowest BCUT2D eigenvalue weighted by Crippen LogP contribution is -2.25. The quantitative estimate of drug-likeness (QED) is 0.0376. The van der Waals surface area contributed by atoms with Gasteiger partial charge in [0.15, 0.2) is 0 Å². The zero-order valence-electron chi connectivity index (χ0n) is 84.2. The summed E-state index contributed by atoms with van der Waals surface area (Å²) in [6.07, 6.45) is 36.6. The van der Waals surface area contributed by atoms with Crippen LogP contribution in [0.4, 0.5) is 0 Å². The second-order valence-corrected chi connectivity index (χ2v) is 44.8. The number of hydrogen-bond donors (Lipinski definition) is 0. The van der Waals surface area contributed by atoms with Gasteiger partial charge in [0.05, 0.1) is 0 Å². The highest BCUT2D eigenvalue weighted by atomic mass is 16.3. The zero-order valence-corrected chi connectivity index (χ0v) is 84.2. The minimum Gasteiger partial charge on any atom is -0.455 e. The number of unbranched alkanes of at least 4 members (excludes halogenated alkanes) is 20. The monoisotopic (exact) mass is 1800 g/mol. The Morgan fingerprint density at radius 2 is 0.464 bits per heavy atom. The Hall–Kier alpha value is -12.1. The molecule has 694 valence electrons. The van der Waals surface area contributed by atoms with Gasteiger partial charge in [-0.3, -0.25) is 0 Å². The van der Waals surface area contributed by atoms with Crippen molar-refractivity contribution in [3.8, 4) is 134 Å². The molecular formula is C136H138O2. The van der Waals surface area contributed by atoms with E-state index in [0.29, 0.717) is 0 Å². The number of fused-ring (bicyclic) bond motifs is 27. The predicted octanol–water partition coefficient (Wildman–Crippen LogP) is 40.2. The zero-order chi connectivity index (χ0) is 94.1. The van der Waals surface area contributed by atoms with E-state index in [-0.39, 0.29) is 21.7 Å². The van der Waals surface area contributed by atoms with Crippen LogP contribution >= 0.6 is 0 Å². The fourth-order valence-electron chi connectivity index (χ4n) is 27.7. The van der Waals surface area contributed by atoms with Crippen molar-refractivity contribution in [3.05, 3.63) is 346 Å². The summed E-state index contributed by atoms with van der Waals surface area (Å²) in [5, 5.41) is 4.65. The first-order valence-corrected chi connectivity index (χ1v) is 53.8. The summed E-state index contributed by atoms with van der Waals surface area (Å²) in [6, 6.07) is 110. The molecule has 0 bridgehead atoms. The van der Waals surface area contributed by atoms with Gasteiger partial charge in [-0.05, 0) is 276 Å². The van der Waals surface area contributed by atoms with Gasteiger partial charge in [0.2, 0.25) is 0 Å². The molecule has 0 saturated carbocycles. The van der Waals surface area contributed by atoms with Gasteiger partial charge in [-0.15, -0.1) is 0 Å². The number of para-hydroxylation sites is 2.